The molecule has 1 N–H and O–H groups in total. The second-order valence-corrected chi connectivity index (χ2v) is 5.27. The van der Waals surface area contributed by atoms with Gasteiger partial charge >= 0.3 is 0 Å². The van der Waals surface area contributed by atoms with Crippen molar-refractivity contribution < 1.29 is 8.42 Å². The van der Waals surface area contributed by atoms with Crippen LogP contribution in [0.1, 0.15) is 12.8 Å². The minimum absolute atomic E-state index is 0.462. The minimum atomic E-state index is -3.02. The molecule has 1 aliphatic rings. The summed E-state index contributed by atoms with van der Waals surface area (Å²) in [6.07, 6.45) is 6.59. The van der Waals surface area contributed by atoms with Gasteiger partial charge in [0.05, 0.1) is 4.91 Å². The number of likely N-dealkylation sites (N-methyl/N-ethyl adjacent to an activating group) is 1. The normalized spacial score (nSPS) is 18.0. The van der Waals surface area contributed by atoms with Gasteiger partial charge < -0.3 is 5.32 Å². The maximum absolute atomic E-state index is 11.2. The van der Waals surface area contributed by atoms with Crippen molar-refractivity contribution in [3.8, 4) is 0 Å². The van der Waals surface area contributed by atoms with E-state index < -0.39 is 9.84 Å². The van der Waals surface area contributed by atoms with Crippen LogP contribution >= 0.6 is 0 Å². The molecule has 0 aromatic rings. The number of allylic oxidation sites excluding steroid dienone is 2. The molecule has 3 nitrogen and oxygen atoms in total. The molecule has 1 aliphatic carbocycles. The molecule has 0 saturated carbocycles. The predicted octanol–water partition coefficient (Wildman–Crippen LogP) is 0.854. The number of sulfone groups is 1. The Morgan fingerprint density at radius 3 is 2.77 bits per heavy atom. The largest absolute Gasteiger partial charge is 0.316 e. The summed E-state index contributed by atoms with van der Waals surface area (Å²) in [5, 5.41) is 3.02. The predicted molar refractivity (Wildman–Crippen MR) is 54.2 cm³/mol. The highest BCUT2D eigenvalue weighted by Crippen LogP contribution is 2.19. The molecule has 0 aliphatic heterocycles. The zero-order chi connectivity index (χ0) is 9.90. The first kappa shape index (κ1) is 10.5. The van der Waals surface area contributed by atoms with Crippen LogP contribution in [-0.2, 0) is 9.84 Å². The fourth-order valence-corrected chi connectivity index (χ4v) is 2.16. The summed E-state index contributed by atoms with van der Waals surface area (Å²) < 4.78 is 22.4. The Hall–Kier alpha value is -0.610. The van der Waals surface area contributed by atoms with E-state index in [4.69, 9.17) is 0 Å². The van der Waals surface area contributed by atoms with Crippen LogP contribution in [0, 0.1) is 0 Å². The van der Waals surface area contributed by atoms with Crippen LogP contribution in [0.5, 0.6) is 0 Å². The second-order valence-electron chi connectivity index (χ2n) is 3.25. The van der Waals surface area contributed by atoms with E-state index in [1.54, 1.807) is 12.2 Å². The van der Waals surface area contributed by atoms with Crippen molar-refractivity contribution >= 4 is 9.84 Å². The van der Waals surface area contributed by atoms with E-state index in [-0.39, 0.29) is 0 Å². The molecule has 74 valence electrons. The van der Waals surface area contributed by atoms with Gasteiger partial charge in [-0.05, 0) is 26.0 Å². The summed E-state index contributed by atoms with van der Waals surface area (Å²) in [5.74, 6) is 0. The Morgan fingerprint density at radius 1 is 1.54 bits per heavy atom. The molecule has 1 rings (SSSR count). The summed E-state index contributed by atoms with van der Waals surface area (Å²) in [5.41, 5.74) is 1.16. The molecule has 0 amide bonds. The van der Waals surface area contributed by atoms with Crippen molar-refractivity contribution in [3.05, 3.63) is 22.6 Å². The molecule has 0 saturated heterocycles. The zero-order valence-electron chi connectivity index (χ0n) is 8.00. The van der Waals surface area contributed by atoms with Gasteiger partial charge in [0.1, 0.15) is 0 Å². The molecule has 0 aromatic heterocycles. The van der Waals surface area contributed by atoms with E-state index >= 15 is 0 Å². The summed E-state index contributed by atoms with van der Waals surface area (Å²) >= 11 is 0. The fourth-order valence-electron chi connectivity index (χ4n) is 1.36. The Kier molecular flexibility index (Phi) is 3.27. The molecule has 0 heterocycles. The van der Waals surface area contributed by atoms with Crippen LogP contribution in [-0.4, -0.2) is 28.3 Å². The molecule has 13 heavy (non-hydrogen) atoms. The van der Waals surface area contributed by atoms with E-state index in [9.17, 15) is 8.42 Å². The molecule has 0 unspecified atom stereocenters. The van der Waals surface area contributed by atoms with Gasteiger partial charge in [0.2, 0.25) is 0 Å². The van der Waals surface area contributed by atoms with Crippen LogP contribution in [0.4, 0.5) is 0 Å². The summed E-state index contributed by atoms with van der Waals surface area (Å²) in [6.45, 7) is 0.771. The van der Waals surface area contributed by atoms with Crippen molar-refractivity contribution in [2.45, 2.75) is 12.8 Å². The van der Waals surface area contributed by atoms with Gasteiger partial charge in [-0.2, -0.15) is 0 Å². The van der Waals surface area contributed by atoms with Gasteiger partial charge in [-0.25, -0.2) is 8.42 Å². The van der Waals surface area contributed by atoms with Crippen LogP contribution in [0.25, 0.3) is 0 Å². The van der Waals surface area contributed by atoms with Crippen molar-refractivity contribution in [2.24, 2.45) is 0 Å². The maximum atomic E-state index is 11.2. The standard InChI is InChI=1S/C9H15NO2S/c1-10-7-8-4-3-5-9(6-8)13(2,11)12/h5-6,10H,3-4,7H2,1-2H3. The highest BCUT2D eigenvalue weighted by Gasteiger charge is 2.12. The summed E-state index contributed by atoms with van der Waals surface area (Å²) in [4.78, 5) is 0.462. The molecule has 0 radical (unpaired) electrons. The first-order chi connectivity index (χ1) is 6.04. The Morgan fingerprint density at radius 2 is 2.23 bits per heavy atom. The SMILES string of the molecule is CNCC1=CC(S(C)(=O)=O)=CCC1. The first-order valence-corrected chi connectivity index (χ1v) is 6.17. The van der Waals surface area contributed by atoms with Gasteiger partial charge in [0, 0.05) is 12.8 Å². The third kappa shape index (κ3) is 2.97. The van der Waals surface area contributed by atoms with E-state index in [0.717, 1.165) is 25.0 Å². The van der Waals surface area contributed by atoms with E-state index in [2.05, 4.69) is 5.32 Å². The average molecular weight is 201 g/mol. The third-order valence-corrected chi connectivity index (χ3v) is 3.13. The zero-order valence-corrected chi connectivity index (χ0v) is 8.82. The summed E-state index contributed by atoms with van der Waals surface area (Å²) in [7, 11) is -1.16. The number of nitrogens with one attached hydrogen (secondary N) is 1. The number of rotatable bonds is 3. The monoisotopic (exact) mass is 201 g/mol. The lowest BCUT2D eigenvalue weighted by molar-refractivity contribution is 0.607. The van der Waals surface area contributed by atoms with Gasteiger partial charge in [0.15, 0.2) is 9.84 Å². The quantitative estimate of drug-likeness (QED) is 0.736. The Labute approximate surface area is 79.4 Å². The van der Waals surface area contributed by atoms with E-state index in [1.165, 1.54) is 6.26 Å². The van der Waals surface area contributed by atoms with Crippen LogP contribution < -0.4 is 5.32 Å². The van der Waals surface area contributed by atoms with Gasteiger partial charge in [-0.15, -0.1) is 0 Å². The molecule has 0 aromatic carbocycles. The van der Waals surface area contributed by atoms with Crippen molar-refractivity contribution in [1.82, 2.24) is 5.32 Å². The van der Waals surface area contributed by atoms with E-state index in [0.29, 0.717) is 4.91 Å². The topological polar surface area (TPSA) is 46.2 Å². The maximum Gasteiger partial charge on any atom is 0.175 e. The number of hydrogen-bond donors (Lipinski definition) is 1. The molecular formula is C9H15NO2S. The fraction of sp³-hybridized carbons (Fsp3) is 0.556. The highest BCUT2D eigenvalue weighted by molar-refractivity contribution is 7.94. The van der Waals surface area contributed by atoms with E-state index in [1.807, 2.05) is 7.05 Å². The van der Waals surface area contributed by atoms with Gasteiger partial charge in [-0.1, -0.05) is 11.6 Å². The highest BCUT2D eigenvalue weighted by atomic mass is 32.2. The van der Waals surface area contributed by atoms with Crippen molar-refractivity contribution in [2.75, 3.05) is 19.8 Å². The van der Waals surface area contributed by atoms with Crippen molar-refractivity contribution in [1.29, 1.82) is 0 Å². The van der Waals surface area contributed by atoms with Gasteiger partial charge in [-0.3, -0.25) is 0 Å². The van der Waals surface area contributed by atoms with Crippen LogP contribution in [0.15, 0.2) is 22.6 Å². The first-order valence-electron chi connectivity index (χ1n) is 4.28. The second kappa shape index (κ2) is 4.07. The Bertz CT molecular complexity index is 339. The van der Waals surface area contributed by atoms with Crippen LogP contribution in [0.3, 0.4) is 0 Å². The summed E-state index contributed by atoms with van der Waals surface area (Å²) in [6, 6.07) is 0. The third-order valence-electron chi connectivity index (χ3n) is 1.99. The molecular weight excluding hydrogens is 186 g/mol. The lowest BCUT2D eigenvalue weighted by Crippen LogP contribution is -2.13. The molecule has 0 fully saturated rings. The lowest BCUT2D eigenvalue weighted by Gasteiger charge is -2.12. The number of hydrogen-bond acceptors (Lipinski definition) is 3. The average Bonchev–Trinajstić information content (AvgIpc) is 2.04. The molecule has 0 atom stereocenters. The molecule has 4 heteroatoms. The van der Waals surface area contributed by atoms with Gasteiger partial charge in [0.25, 0.3) is 0 Å². The van der Waals surface area contributed by atoms with Crippen molar-refractivity contribution in [3.63, 3.8) is 0 Å². The lowest BCUT2D eigenvalue weighted by atomic mass is 10.1. The minimum Gasteiger partial charge on any atom is -0.316 e. The molecule has 0 spiro atoms. The Balaban J connectivity index is 2.85. The molecule has 0 bridgehead atoms. The van der Waals surface area contributed by atoms with Crippen LogP contribution in [0.2, 0.25) is 0 Å². The smallest absolute Gasteiger partial charge is 0.175 e.